The van der Waals surface area contributed by atoms with Crippen molar-refractivity contribution in [2.45, 2.75) is 26.9 Å². The molecule has 6 nitrogen and oxygen atoms in total. The molecule has 0 aromatic carbocycles. The fraction of sp³-hybridized carbons (Fsp3) is 0.267. The lowest BCUT2D eigenvalue weighted by Gasteiger charge is -2.15. The number of hydrogen-bond acceptors (Lipinski definition) is 7. The van der Waals surface area contributed by atoms with Crippen LogP contribution >= 0.6 is 34.7 Å². The molecule has 3 rings (SSSR count). The van der Waals surface area contributed by atoms with E-state index in [-0.39, 0.29) is 6.54 Å². The molecule has 0 bridgehead atoms. The van der Waals surface area contributed by atoms with E-state index in [2.05, 4.69) is 9.71 Å². The van der Waals surface area contributed by atoms with E-state index in [1.54, 1.807) is 17.5 Å². The summed E-state index contributed by atoms with van der Waals surface area (Å²) in [4.78, 5) is 4.15. The number of hydrogen-bond donors (Lipinski definition) is 1. The van der Waals surface area contributed by atoms with Gasteiger partial charge in [0.05, 0.1) is 10.6 Å². The number of thiophene rings is 1. The van der Waals surface area contributed by atoms with Crippen LogP contribution in [-0.4, -0.2) is 31.0 Å². The van der Waals surface area contributed by atoms with E-state index in [1.807, 2.05) is 0 Å². The van der Waals surface area contributed by atoms with E-state index >= 15 is 0 Å². The van der Waals surface area contributed by atoms with Crippen LogP contribution in [0.25, 0.3) is 0 Å². The van der Waals surface area contributed by atoms with E-state index in [0.29, 0.717) is 24.0 Å². The first kappa shape index (κ1) is 22.6. The maximum absolute atomic E-state index is 12.7. The molecule has 14 heteroatoms. The third-order valence-electron chi connectivity index (χ3n) is 3.74. The normalized spacial score (nSPS) is 20.3. The second kappa shape index (κ2) is 8.19. The average molecular weight is 505 g/mol. The van der Waals surface area contributed by atoms with Gasteiger partial charge in [-0.1, -0.05) is 29.8 Å². The number of sulfone groups is 1. The van der Waals surface area contributed by atoms with Gasteiger partial charge in [0.1, 0.15) is 9.16 Å². The second-order valence-electron chi connectivity index (χ2n) is 5.76. The third kappa shape index (κ3) is 4.97. The minimum absolute atomic E-state index is 0.0641. The Labute approximate surface area is 178 Å². The maximum atomic E-state index is 12.7. The van der Waals surface area contributed by atoms with Crippen molar-refractivity contribution >= 4 is 54.6 Å². The van der Waals surface area contributed by atoms with Gasteiger partial charge in [-0.2, -0.15) is 13.2 Å². The van der Waals surface area contributed by atoms with Gasteiger partial charge in [0.2, 0.25) is 19.9 Å². The van der Waals surface area contributed by atoms with Crippen molar-refractivity contribution < 1.29 is 30.0 Å². The van der Waals surface area contributed by atoms with Crippen molar-refractivity contribution in [3.63, 3.8) is 0 Å². The lowest BCUT2D eigenvalue weighted by Crippen LogP contribution is -2.30. The summed E-state index contributed by atoms with van der Waals surface area (Å²) in [6, 6.07) is 3.99. The van der Waals surface area contributed by atoms with Crippen molar-refractivity contribution in [2.24, 2.45) is 0 Å². The number of thioether (sulfide) groups is 1. The number of sulfonamides is 1. The van der Waals surface area contributed by atoms with Gasteiger partial charge >= 0.3 is 6.18 Å². The largest absolute Gasteiger partial charge is 0.417 e. The molecule has 2 unspecified atom stereocenters. The average Bonchev–Trinajstić information content (AvgIpc) is 3.31. The van der Waals surface area contributed by atoms with Gasteiger partial charge in [-0.05, 0) is 17.5 Å². The predicted octanol–water partition coefficient (Wildman–Crippen LogP) is 3.66. The zero-order valence-electron chi connectivity index (χ0n) is 14.1. The summed E-state index contributed by atoms with van der Waals surface area (Å²) in [5.74, 6) is 0. The van der Waals surface area contributed by atoms with Gasteiger partial charge in [-0.3, -0.25) is 0 Å². The van der Waals surface area contributed by atoms with Crippen molar-refractivity contribution in [3.05, 3.63) is 57.4 Å². The Hall–Kier alpha value is -1.12. The first-order chi connectivity index (χ1) is 13.4. The molecule has 1 aliphatic rings. The highest BCUT2D eigenvalue weighted by molar-refractivity contribution is 8.20. The standard InChI is InChI=1S/C15H12ClF3N2O4S4/c16-11-6-9(15(17,18)19)7-20-14(11)28(22,23)12-3-4-13(27-12)29(24,25)21-8-10-2-1-5-26-10/h1-7,12-13,21H,8H2. The Bertz CT molecular complexity index is 1130. The van der Waals surface area contributed by atoms with Crippen molar-refractivity contribution in [1.29, 1.82) is 0 Å². The van der Waals surface area contributed by atoms with Crippen LogP contribution in [0.1, 0.15) is 10.4 Å². The lowest BCUT2D eigenvalue weighted by atomic mass is 10.3. The third-order valence-corrected chi connectivity index (χ3v) is 11.0. The van der Waals surface area contributed by atoms with Crippen LogP contribution in [0, 0.1) is 0 Å². The molecule has 1 N–H and O–H groups in total. The maximum Gasteiger partial charge on any atom is 0.417 e. The summed E-state index contributed by atoms with van der Waals surface area (Å²) in [5.41, 5.74) is -1.19. The molecule has 2 aromatic heterocycles. The minimum Gasteiger partial charge on any atom is -0.243 e. The first-order valence-electron chi connectivity index (χ1n) is 7.72. The van der Waals surface area contributed by atoms with E-state index in [1.165, 1.54) is 17.4 Å². The van der Waals surface area contributed by atoms with Crippen LogP contribution in [0.2, 0.25) is 5.02 Å². The molecule has 0 fully saturated rings. The van der Waals surface area contributed by atoms with Gasteiger partial charge in [0.25, 0.3) is 0 Å². The summed E-state index contributed by atoms with van der Waals surface area (Å²) < 4.78 is 88.3. The van der Waals surface area contributed by atoms with E-state index < -0.39 is 50.8 Å². The Morgan fingerprint density at radius 3 is 2.45 bits per heavy atom. The van der Waals surface area contributed by atoms with Crippen molar-refractivity contribution in [1.82, 2.24) is 9.71 Å². The van der Waals surface area contributed by atoms with Crippen molar-refractivity contribution in [2.75, 3.05) is 0 Å². The van der Waals surface area contributed by atoms with Gasteiger partial charge in [-0.15, -0.1) is 23.1 Å². The van der Waals surface area contributed by atoms with E-state index in [0.717, 1.165) is 11.0 Å². The predicted molar refractivity (Wildman–Crippen MR) is 106 cm³/mol. The quantitative estimate of drug-likeness (QED) is 0.603. The van der Waals surface area contributed by atoms with Crippen LogP contribution < -0.4 is 4.72 Å². The molecule has 0 spiro atoms. The topological polar surface area (TPSA) is 93.2 Å². The van der Waals surface area contributed by atoms with Crippen molar-refractivity contribution in [3.8, 4) is 0 Å². The Balaban J connectivity index is 1.76. The molecule has 0 saturated carbocycles. The number of rotatable bonds is 6. The fourth-order valence-electron chi connectivity index (χ4n) is 2.32. The van der Waals surface area contributed by atoms with E-state index in [9.17, 15) is 30.0 Å². The number of aromatic nitrogens is 1. The van der Waals surface area contributed by atoms with Gasteiger partial charge in [0, 0.05) is 17.6 Å². The molecule has 1 aliphatic heterocycles. The SMILES string of the molecule is O=S(=O)(NCc1cccs1)C1C=CC(S(=O)(=O)c2ncc(C(F)(F)F)cc2Cl)S1. The molecular weight excluding hydrogens is 493 g/mol. The van der Waals surface area contributed by atoms with Crippen LogP contribution in [0.3, 0.4) is 0 Å². The summed E-state index contributed by atoms with van der Waals surface area (Å²) in [7, 11) is -8.19. The van der Waals surface area contributed by atoms with Crippen LogP contribution in [0.4, 0.5) is 13.2 Å². The number of pyridine rings is 1. The molecule has 3 heterocycles. The highest BCUT2D eigenvalue weighted by Crippen LogP contribution is 2.39. The Kier molecular flexibility index (Phi) is 6.37. The molecule has 2 atom stereocenters. The Morgan fingerprint density at radius 1 is 1.17 bits per heavy atom. The van der Waals surface area contributed by atoms with Crippen LogP contribution in [-0.2, 0) is 32.6 Å². The highest BCUT2D eigenvalue weighted by Gasteiger charge is 2.40. The molecule has 0 aliphatic carbocycles. The second-order valence-corrected chi connectivity index (χ2v) is 13.0. The molecular formula is C15H12ClF3N2O4S4. The minimum atomic E-state index is -4.73. The molecule has 2 aromatic rings. The highest BCUT2D eigenvalue weighted by atomic mass is 35.5. The number of alkyl halides is 3. The summed E-state index contributed by atoms with van der Waals surface area (Å²) in [5, 5.41) is 0.368. The monoisotopic (exact) mass is 504 g/mol. The smallest absolute Gasteiger partial charge is 0.243 e. The van der Waals surface area contributed by atoms with Gasteiger partial charge in [-0.25, -0.2) is 26.5 Å². The molecule has 158 valence electrons. The van der Waals surface area contributed by atoms with Crippen LogP contribution in [0.15, 0.2) is 47.0 Å². The van der Waals surface area contributed by atoms with Gasteiger partial charge in [0.15, 0.2) is 5.03 Å². The first-order valence-corrected chi connectivity index (χ1v) is 13.0. The number of halogens is 4. The molecule has 0 saturated heterocycles. The molecule has 0 amide bonds. The summed E-state index contributed by atoms with van der Waals surface area (Å²) in [6.07, 6.45) is -1.99. The van der Waals surface area contributed by atoms with Gasteiger partial charge < -0.3 is 0 Å². The lowest BCUT2D eigenvalue weighted by molar-refractivity contribution is -0.137. The van der Waals surface area contributed by atoms with Crippen LogP contribution in [0.5, 0.6) is 0 Å². The zero-order valence-corrected chi connectivity index (χ0v) is 18.2. The fourth-order valence-corrected chi connectivity index (χ4v) is 8.62. The molecule has 29 heavy (non-hydrogen) atoms. The van der Waals surface area contributed by atoms with E-state index in [4.69, 9.17) is 11.6 Å². The number of nitrogens with one attached hydrogen (secondary N) is 1. The molecule has 0 radical (unpaired) electrons. The Morgan fingerprint density at radius 2 is 1.86 bits per heavy atom. The summed E-state index contributed by atoms with van der Waals surface area (Å²) in [6.45, 7) is 0.0641. The summed E-state index contributed by atoms with van der Waals surface area (Å²) >= 11 is 7.70. The number of nitrogens with zero attached hydrogens (tertiary/aromatic N) is 1. The zero-order chi connectivity index (χ0) is 21.4.